The van der Waals surface area contributed by atoms with Gasteiger partial charge >= 0.3 is 0 Å². The lowest BCUT2D eigenvalue weighted by molar-refractivity contribution is 0.0944. The Morgan fingerprint density at radius 3 is 2.62 bits per heavy atom. The number of thiophene rings is 1. The van der Waals surface area contributed by atoms with Gasteiger partial charge < -0.3 is 5.32 Å². The molecule has 3 aromatic rings. The second-order valence-electron chi connectivity index (χ2n) is 4.87. The molecule has 1 amide bonds. The monoisotopic (exact) mass is 299 g/mol. The Balaban J connectivity index is 1.82. The summed E-state index contributed by atoms with van der Waals surface area (Å²) in [5, 5.41) is 3.44. The molecule has 2 aromatic carbocycles. The van der Waals surface area contributed by atoms with Crippen molar-refractivity contribution < 1.29 is 9.18 Å². The summed E-state index contributed by atoms with van der Waals surface area (Å²) >= 11 is 1.30. The molecule has 0 radical (unpaired) electrons. The highest BCUT2D eigenvalue weighted by Crippen LogP contribution is 2.28. The van der Waals surface area contributed by atoms with E-state index < -0.39 is 0 Å². The van der Waals surface area contributed by atoms with Crippen molar-refractivity contribution >= 4 is 27.3 Å². The van der Waals surface area contributed by atoms with Gasteiger partial charge in [-0.25, -0.2) is 4.39 Å². The lowest BCUT2D eigenvalue weighted by Crippen LogP contribution is -2.25. The number of amides is 1. The van der Waals surface area contributed by atoms with Gasteiger partial charge in [0.05, 0.1) is 10.9 Å². The van der Waals surface area contributed by atoms with Crippen LogP contribution in [0.3, 0.4) is 0 Å². The first-order valence-electron chi connectivity index (χ1n) is 6.69. The van der Waals surface area contributed by atoms with Crippen LogP contribution in [0, 0.1) is 5.82 Å². The van der Waals surface area contributed by atoms with Crippen LogP contribution >= 0.6 is 11.3 Å². The molecule has 1 aromatic heterocycles. The fraction of sp³-hybridized carbons (Fsp3) is 0.118. The fourth-order valence-corrected chi connectivity index (χ4v) is 3.21. The van der Waals surface area contributed by atoms with Crippen molar-refractivity contribution in [3.05, 3.63) is 70.9 Å². The Bertz CT molecular complexity index is 782. The highest BCUT2D eigenvalue weighted by Gasteiger charge is 2.15. The molecule has 1 N–H and O–H groups in total. The smallest absolute Gasteiger partial charge is 0.261 e. The van der Waals surface area contributed by atoms with Crippen LogP contribution in [-0.4, -0.2) is 5.91 Å². The van der Waals surface area contributed by atoms with Crippen LogP contribution in [-0.2, 0) is 0 Å². The summed E-state index contributed by atoms with van der Waals surface area (Å²) in [6.07, 6.45) is 0. The molecule has 0 bridgehead atoms. The molecule has 0 saturated carbocycles. The van der Waals surface area contributed by atoms with Crippen molar-refractivity contribution in [2.24, 2.45) is 0 Å². The van der Waals surface area contributed by atoms with Gasteiger partial charge in [-0.05, 0) is 30.7 Å². The molecule has 0 spiro atoms. The molecule has 1 atom stereocenters. The average molecular weight is 299 g/mol. The van der Waals surface area contributed by atoms with Gasteiger partial charge in [-0.1, -0.05) is 36.4 Å². The second-order valence-corrected chi connectivity index (χ2v) is 5.95. The van der Waals surface area contributed by atoms with Crippen LogP contribution in [0.25, 0.3) is 10.1 Å². The molecule has 1 heterocycles. The van der Waals surface area contributed by atoms with Gasteiger partial charge in [0.15, 0.2) is 0 Å². The molecule has 21 heavy (non-hydrogen) atoms. The van der Waals surface area contributed by atoms with Crippen molar-refractivity contribution in [1.82, 2.24) is 5.32 Å². The van der Waals surface area contributed by atoms with Gasteiger partial charge in [-0.15, -0.1) is 11.3 Å². The van der Waals surface area contributed by atoms with E-state index in [1.165, 1.54) is 17.4 Å². The summed E-state index contributed by atoms with van der Waals surface area (Å²) < 4.78 is 14.5. The molecular formula is C17H14FNOS. The van der Waals surface area contributed by atoms with Gasteiger partial charge in [-0.2, -0.15) is 0 Å². The van der Waals surface area contributed by atoms with Gasteiger partial charge in [0.2, 0.25) is 0 Å². The molecule has 0 aliphatic rings. The van der Waals surface area contributed by atoms with E-state index in [9.17, 15) is 9.18 Å². The third-order valence-electron chi connectivity index (χ3n) is 3.38. The largest absolute Gasteiger partial charge is 0.345 e. The van der Waals surface area contributed by atoms with Gasteiger partial charge in [0.1, 0.15) is 5.82 Å². The molecule has 4 heteroatoms. The third kappa shape index (κ3) is 2.81. The number of hydrogen-bond acceptors (Lipinski definition) is 2. The Morgan fingerprint density at radius 1 is 1.14 bits per heavy atom. The highest BCUT2D eigenvalue weighted by molar-refractivity contribution is 7.20. The molecule has 0 unspecified atom stereocenters. The van der Waals surface area contributed by atoms with Crippen LogP contribution in [0.2, 0.25) is 0 Å². The first kappa shape index (κ1) is 13.8. The van der Waals surface area contributed by atoms with Gasteiger partial charge in [-0.3, -0.25) is 4.79 Å². The summed E-state index contributed by atoms with van der Waals surface area (Å²) in [6, 6.07) is 16.2. The summed E-state index contributed by atoms with van der Waals surface area (Å²) in [4.78, 5) is 12.8. The van der Waals surface area contributed by atoms with E-state index >= 15 is 0 Å². The zero-order valence-electron chi connectivity index (χ0n) is 11.5. The summed E-state index contributed by atoms with van der Waals surface area (Å²) in [7, 11) is 0. The van der Waals surface area contributed by atoms with Crippen molar-refractivity contribution in [3.63, 3.8) is 0 Å². The van der Waals surface area contributed by atoms with E-state index in [0.29, 0.717) is 10.3 Å². The molecule has 0 fully saturated rings. The predicted molar refractivity (Wildman–Crippen MR) is 84.1 cm³/mol. The average Bonchev–Trinajstić information content (AvgIpc) is 2.94. The van der Waals surface area contributed by atoms with E-state index in [4.69, 9.17) is 0 Å². The minimum atomic E-state index is -0.293. The fourth-order valence-electron chi connectivity index (χ4n) is 2.23. The van der Waals surface area contributed by atoms with Crippen LogP contribution < -0.4 is 5.32 Å². The summed E-state index contributed by atoms with van der Waals surface area (Å²) in [5.41, 5.74) is 1.04. The standard InChI is InChI=1S/C17H14FNOS/c1-11(12-6-3-2-4-7-12)19-17(20)16-10-13-14(18)8-5-9-15(13)21-16/h2-11H,1H3,(H,19,20)/t11-/m0/s1. The van der Waals surface area contributed by atoms with E-state index in [2.05, 4.69) is 5.32 Å². The lowest BCUT2D eigenvalue weighted by Gasteiger charge is -2.13. The first-order chi connectivity index (χ1) is 10.1. The maximum absolute atomic E-state index is 13.7. The molecule has 0 aliphatic carbocycles. The number of hydrogen-bond donors (Lipinski definition) is 1. The lowest BCUT2D eigenvalue weighted by atomic mass is 10.1. The number of carbonyl (C=O) groups is 1. The van der Waals surface area contributed by atoms with Crippen molar-refractivity contribution in [3.8, 4) is 0 Å². The van der Waals surface area contributed by atoms with Gasteiger partial charge in [0, 0.05) is 10.1 Å². The first-order valence-corrected chi connectivity index (χ1v) is 7.50. The quantitative estimate of drug-likeness (QED) is 0.756. The predicted octanol–water partition coefficient (Wildman–Crippen LogP) is 4.53. The minimum absolute atomic E-state index is 0.0891. The third-order valence-corrected chi connectivity index (χ3v) is 4.48. The number of rotatable bonds is 3. The van der Waals surface area contributed by atoms with E-state index in [0.717, 1.165) is 10.3 Å². The molecule has 2 nitrogen and oxygen atoms in total. The Hall–Kier alpha value is -2.20. The highest BCUT2D eigenvalue weighted by atomic mass is 32.1. The van der Waals surface area contributed by atoms with E-state index in [1.54, 1.807) is 12.1 Å². The summed E-state index contributed by atoms with van der Waals surface area (Å²) in [5.74, 6) is -0.467. The molecule has 0 saturated heterocycles. The number of nitrogens with one attached hydrogen (secondary N) is 1. The number of carbonyl (C=O) groups excluding carboxylic acids is 1. The van der Waals surface area contributed by atoms with Crippen LogP contribution in [0.5, 0.6) is 0 Å². The van der Waals surface area contributed by atoms with Crippen LogP contribution in [0.4, 0.5) is 4.39 Å². The number of halogens is 1. The van der Waals surface area contributed by atoms with Crippen LogP contribution in [0.1, 0.15) is 28.2 Å². The van der Waals surface area contributed by atoms with Crippen LogP contribution in [0.15, 0.2) is 54.6 Å². The Labute approximate surface area is 126 Å². The Morgan fingerprint density at radius 2 is 1.90 bits per heavy atom. The van der Waals surface area contributed by atoms with E-state index in [-0.39, 0.29) is 17.8 Å². The minimum Gasteiger partial charge on any atom is -0.345 e. The molecule has 0 aliphatic heterocycles. The zero-order valence-corrected chi connectivity index (χ0v) is 12.3. The zero-order chi connectivity index (χ0) is 14.8. The van der Waals surface area contributed by atoms with Crippen molar-refractivity contribution in [2.45, 2.75) is 13.0 Å². The SMILES string of the molecule is C[C@H](NC(=O)c1cc2c(F)cccc2s1)c1ccccc1. The van der Waals surface area contributed by atoms with Crippen molar-refractivity contribution in [2.75, 3.05) is 0 Å². The maximum Gasteiger partial charge on any atom is 0.261 e. The van der Waals surface area contributed by atoms with Crippen molar-refractivity contribution in [1.29, 1.82) is 0 Å². The molecular weight excluding hydrogens is 285 g/mol. The Kier molecular flexibility index (Phi) is 3.71. The second kappa shape index (κ2) is 5.66. The molecule has 106 valence electrons. The van der Waals surface area contributed by atoms with Gasteiger partial charge in [0.25, 0.3) is 5.91 Å². The maximum atomic E-state index is 13.7. The topological polar surface area (TPSA) is 29.1 Å². The molecule has 3 rings (SSSR count). The number of benzene rings is 2. The van der Waals surface area contributed by atoms with E-state index in [1.807, 2.05) is 43.3 Å². The summed E-state index contributed by atoms with van der Waals surface area (Å²) in [6.45, 7) is 1.93. The number of fused-ring (bicyclic) bond motifs is 1. The normalized spacial score (nSPS) is 12.3.